The van der Waals surface area contributed by atoms with Crippen LogP contribution in [0.2, 0.25) is 0 Å². The third kappa shape index (κ3) is 2.21. The molecule has 0 bridgehead atoms. The van der Waals surface area contributed by atoms with Gasteiger partial charge in [0.1, 0.15) is 0 Å². The fraction of sp³-hybridized carbons (Fsp3) is 0.364. The highest BCUT2D eigenvalue weighted by atomic mass is 16.5. The molecule has 1 atom stereocenters. The normalized spacial score (nSPS) is 23.5. The number of hydrogen-bond acceptors (Lipinski definition) is 3. The first-order chi connectivity index (χ1) is 13.2. The zero-order valence-electron chi connectivity index (χ0n) is 15.4. The number of rotatable bonds is 3. The molecule has 0 N–H and O–H groups in total. The van der Waals surface area contributed by atoms with Gasteiger partial charge in [-0.1, -0.05) is 43.3 Å². The molecule has 1 aliphatic carbocycles. The van der Waals surface area contributed by atoms with Crippen LogP contribution < -0.4 is 9.80 Å². The van der Waals surface area contributed by atoms with Gasteiger partial charge >= 0.3 is 0 Å². The summed E-state index contributed by atoms with van der Waals surface area (Å²) in [5.41, 5.74) is 1.96. The zero-order chi connectivity index (χ0) is 18.6. The van der Waals surface area contributed by atoms with E-state index in [4.69, 9.17) is 4.74 Å². The second kappa shape index (κ2) is 5.92. The molecule has 0 saturated heterocycles. The topological polar surface area (TPSA) is 49.9 Å². The van der Waals surface area contributed by atoms with Crippen molar-refractivity contribution in [2.75, 3.05) is 16.3 Å². The molecule has 1 spiro atoms. The summed E-state index contributed by atoms with van der Waals surface area (Å²) in [5.74, 6) is -0.186. The highest BCUT2D eigenvalue weighted by Crippen LogP contribution is 2.51. The van der Waals surface area contributed by atoms with Crippen LogP contribution in [0.15, 0.2) is 48.5 Å². The number of fused-ring (bicyclic) bond motifs is 3. The lowest BCUT2D eigenvalue weighted by Crippen LogP contribution is -2.60. The van der Waals surface area contributed by atoms with Crippen LogP contribution >= 0.6 is 0 Å². The van der Waals surface area contributed by atoms with Crippen molar-refractivity contribution >= 4 is 23.2 Å². The van der Waals surface area contributed by atoms with Crippen LogP contribution in [0.1, 0.15) is 37.3 Å². The van der Waals surface area contributed by atoms with Gasteiger partial charge in [0.05, 0.1) is 18.0 Å². The zero-order valence-corrected chi connectivity index (χ0v) is 15.4. The second-order valence-electron chi connectivity index (χ2n) is 7.48. The van der Waals surface area contributed by atoms with Gasteiger partial charge in [-0.25, -0.2) is 0 Å². The molecular weight excluding hydrogens is 340 g/mol. The van der Waals surface area contributed by atoms with E-state index in [9.17, 15) is 9.59 Å². The van der Waals surface area contributed by atoms with Crippen molar-refractivity contribution in [2.24, 2.45) is 5.92 Å². The molecular formula is C22H22N2O3. The Hall–Kier alpha value is -2.66. The molecule has 0 aromatic heterocycles. The number of carbonyl (C=O) groups is 2. The lowest BCUT2D eigenvalue weighted by atomic mass is 9.96. The Morgan fingerprint density at radius 2 is 1.81 bits per heavy atom. The van der Waals surface area contributed by atoms with Crippen molar-refractivity contribution in [3.63, 3.8) is 0 Å². The monoisotopic (exact) mass is 362 g/mol. The van der Waals surface area contributed by atoms with Gasteiger partial charge in [-0.2, -0.15) is 0 Å². The minimum atomic E-state index is -1.39. The molecule has 2 aromatic carbocycles. The quantitative estimate of drug-likeness (QED) is 0.839. The maximum absolute atomic E-state index is 13.7. The van der Waals surface area contributed by atoms with Crippen LogP contribution in [0.4, 0.5) is 11.4 Å². The number of para-hydroxylation sites is 2. The van der Waals surface area contributed by atoms with Gasteiger partial charge in [0.25, 0.3) is 11.6 Å². The predicted molar refractivity (Wildman–Crippen MR) is 102 cm³/mol. The van der Waals surface area contributed by atoms with Crippen LogP contribution in [0.3, 0.4) is 0 Å². The molecule has 2 amide bonds. The lowest BCUT2D eigenvalue weighted by Gasteiger charge is -2.44. The highest BCUT2D eigenvalue weighted by Gasteiger charge is 2.61. The molecule has 27 heavy (non-hydrogen) atoms. The van der Waals surface area contributed by atoms with Crippen molar-refractivity contribution in [3.8, 4) is 0 Å². The molecule has 0 radical (unpaired) electrons. The predicted octanol–water partition coefficient (Wildman–Crippen LogP) is 3.57. The number of amides is 2. The van der Waals surface area contributed by atoms with Gasteiger partial charge in [0.15, 0.2) is 0 Å². The summed E-state index contributed by atoms with van der Waals surface area (Å²) in [6.45, 7) is 2.96. The number of benzene rings is 2. The van der Waals surface area contributed by atoms with Crippen molar-refractivity contribution in [1.82, 2.24) is 0 Å². The SMILES string of the molecule is CCCN1C(=O)[C@@]2(OCc3ccccc3N2C(=O)C2CC2)c2ccccc21. The van der Waals surface area contributed by atoms with Crippen LogP contribution in [0.25, 0.3) is 0 Å². The summed E-state index contributed by atoms with van der Waals surface area (Å²) >= 11 is 0. The first-order valence-corrected chi connectivity index (χ1v) is 9.66. The first kappa shape index (κ1) is 16.5. The van der Waals surface area contributed by atoms with Crippen LogP contribution in [0.5, 0.6) is 0 Å². The third-order valence-electron chi connectivity index (χ3n) is 5.67. The van der Waals surface area contributed by atoms with Crippen LogP contribution in [0, 0.1) is 5.92 Å². The fourth-order valence-corrected chi connectivity index (χ4v) is 4.26. The second-order valence-corrected chi connectivity index (χ2v) is 7.48. The summed E-state index contributed by atoms with van der Waals surface area (Å²) in [5, 5.41) is 0. The molecule has 3 aliphatic rings. The van der Waals surface area contributed by atoms with Crippen molar-refractivity contribution in [1.29, 1.82) is 0 Å². The number of carbonyl (C=O) groups excluding carboxylic acids is 2. The lowest BCUT2D eigenvalue weighted by molar-refractivity contribution is -0.153. The average Bonchev–Trinajstić information content (AvgIpc) is 3.53. The van der Waals surface area contributed by atoms with Crippen LogP contribution in [-0.2, 0) is 26.7 Å². The average molecular weight is 362 g/mol. The molecule has 5 rings (SSSR count). The van der Waals surface area contributed by atoms with Gasteiger partial charge in [-0.05, 0) is 31.4 Å². The molecule has 0 unspecified atom stereocenters. The van der Waals surface area contributed by atoms with E-state index in [0.29, 0.717) is 13.2 Å². The number of nitrogens with zero attached hydrogens (tertiary/aromatic N) is 2. The maximum Gasteiger partial charge on any atom is 0.286 e. The Morgan fingerprint density at radius 3 is 2.56 bits per heavy atom. The molecule has 5 nitrogen and oxygen atoms in total. The summed E-state index contributed by atoms with van der Waals surface area (Å²) in [6.07, 6.45) is 2.59. The van der Waals surface area contributed by atoms with E-state index in [2.05, 4.69) is 0 Å². The van der Waals surface area contributed by atoms with E-state index < -0.39 is 5.72 Å². The molecule has 1 fully saturated rings. The maximum atomic E-state index is 13.7. The van der Waals surface area contributed by atoms with Crippen molar-refractivity contribution < 1.29 is 14.3 Å². The fourth-order valence-electron chi connectivity index (χ4n) is 4.26. The molecule has 5 heteroatoms. The van der Waals surface area contributed by atoms with Gasteiger partial charge < -0.3 is 9.64 Å². The molecule has 2 aliphatic heterocycles. The van der Waals surface area contributed by atoms with Gasteiger partial charge in [-0.3, -0.25) is 14.5 Å². The Balaban J connectivity index is 1.74. The molecule has 2 aromatic rings. The Morgan fingerprint density at radius 1 is 1.11 bits per heavy atom. The number of hydrogen-bond donors (Lipinski definition) is 0. The highest BCUT2D eigenvalue weighted by molar-refractivity contribution is 6.14. The van der Waals surface area contributed by atoms with Crippen molar-refractivity contribution in [2.45, 2.75) is 38.5 Å². The standard InChI is InChI=1S/C22H22N2O3/c1-2-13-23-19-10-6-4-8-17(19)22(21(23)26)24(20(25)15-11-12-15)18-9-5-3-7-16(18)14-27-22/h3-10,15H,2,11-14H2,1H3/t22-/m0/s1. The third-order valence-corrected chi connectivity index (χ3v) is 5.67. The molecule has 1 saturated carbocycles. The van der Waals surface area contributed by atoms with Crippen LogP contribution in [-0.4, -0.2) is 18.4 Å². The summed E-state index contributed by atoms with van der Waals surface area (Å²) in [4.78, 5) is 30.5. The Labute approximate surface area is 158 Å². The van der Waals surface area contributed by atoms with E-state index in [-0.39, 0.29) is 17.7 Å². The number of anilines is 2. The van der Waals surface area contributed by atoms with Gasteiger partial charge in [0.2, 0.25) is 5.91 Å². The first-order valence-electron chi connectivity index (χ1n) is 9.66. The molecule has 2 heterocycles. The summed E-state index contributed by atoms with van der Waals surface area (Å²) in [7, 11) is 0. The van der Waals surface area contributed by atoms with E-state index in [0.717, 1.165) is 41.8 Å². The largest absolute Gasteiger partial charge is 0.338 e. The minimum absolute atomic E-state index is 0.0105. The Bertz CT molecular complexity index is 937. The van der Waals surface area contributed by atoms with Gasteiger partial charge in [-0.15, -0.1) is 0 Å². The van der Waals surface area contributed by atoms with Gasteiger partial charge in [0, 0.05) is 23.6 Å². The minimum Gasteiger partial charge on any atom is -0.338 e. The summed E-state index contributed by atoms with van der Waals surface area (Å²) < 4.78 is 6.29. The van der Waals surface area contributed by atoms with E-state index >= 15 is 0 Å². The van der Waals surface area contributed by atoms with E-state index in [1.807, 2.05) is 55.5 Å². The van der Waals surface area contributed by atoms with E-state index in [1.54, 1.807) is 9.80 Å². The van der Waals surface area contributed by atoms with Crippen molar-refractivity contribution in [3.05, 3.63) is 59.7 Å². The Kier molecular flexibility index (Phi) is 3.62. The number of ether oxygens (including phenoxy) is 1. The summed E-state index contributed by atoms with van der Waals surface area (Å²) in [6, 6.07) is 15.5. The van der Waals surface area contributed by atoms with E-state index in [1.165, 1.54) is 0 Å². The molecule has 138 valence electrons. The smallest absolute Gasteiger partial charge is 0.286 e.